The van der Waals surface area contributed by atoms with E-state index >= 15 is 0 Å². The molecule has 2 heterocycles. The second-order valence-electron chi connectivity index (χ2n) is 6.19. The minimum Gasteiger partial charge on any atom is -0.327 e. The van der Waals surface area contributed by atoms with E-state index < -0.39 is 0 Å². The minimum absolute atomic E-state index is 0.0417. The molecular weight excluding hydrogens is 288 g/mol. The summed E-state index contributed by atoms with van der Waals surface area (Å²) >= 11 is 0. The molecule has 1 fully saturated rings. The van der Waals surface area contributed by atoms with Crippen molar-refractivity contribution in [1.29, 1.82) is 0 Å². The maximum atomic E-state index is 12.9. The molecule has 23 heavy (non-hydrogen) atoms. The van der Waals surface area contributed by atoms with Crippen LogP contribution in [0.25, 0.3) is 0 Å². The summed E-state index contributed by atoms with van der Waals surface area (Å²) in [5.41, 5.74) is 3.39. The standard InChI is InChI=1S/C19H18N2O2/c22-18-13-20(11-14-6-2-1-3-7-14)19(23)17-10-15-8-4-5-9-16(15)12-21(17)18/h1-9,17H,10-13H2. The van der Waals surface area contributed by atoms with E-state index in [0.717, 1.165) is 11.1 Å². The van der Waals surface area contributed by atoms with Crippen LogP contribution in [0, 0.1) is 0 Å². The summed E-state index contributed by atoms with van der Waals surface area (Å²) in [6.45, 7) is 1.22. The SMILES string of the molecule is O=C1C2Cc3ccccc3CN2C(=O)CN1Cc1ccccc1. The number of piperazine rings is 1. The van der Waals surface area contributed by atoms with Crippen LogP contribution in [0.5, 0.6) is 0 Å². The average molecular weight is 306 g/mol. The number of carbonyl (C=O) groups is 2. The van der Waals surface area contributed by atoms with Crippen molar-refractivity contribution in [2.45, 2.75) is 25.6 Å². The Labute approximate surface area is 135 Å². The third kappa shape index (κ3) is 2.50. The number of rotatable bonds is 2. The second kappa shape index (κ2) is 5.54. The highest BCUT2D eigenvalue weighted by Crippen LogP contribution is 2.27. The van der Waals surface area contributed by atoms with Crippen LogP contribution in [-0.2, 0) is 29.1 Å². The molecule has 0 radical (unpaired) electrons. The molecular formula is C19H18N2O2. The lowest BCUT2D eigenvalue weighted by Gasteiger charge is -2.43. The summed E-state index contributed by atoms with van der Waals surface area (Å²) in [7, 11) is 0. The second-order valence-corrected chi connectivity index (χ2v) is 6.19. The van der Waals surface area contributed by atoms with Crippen LogP contribution in [0.15, 0.2) is 54.6 Å². The molecule has 0 N–H and O–H groups in total. The lowest BCUT2D eigenvalue weighted by molar-refractivity contribution is -0.157. The van der Waals surface area contributed by atoms with Gasteiger partial charge in [0.05, 0.1) is 0 Å². The summed E-state index contributed by atoms with van der Waals surface area (Å²) in [6.07, 6.45) is 0.617. The highest BCUT2D eigenvalue weighted by molar-refractivity contribution is 5.95. The number of fused-ring (bicyclic) bond motifs is 2. The van der Waals surface area contributed by atoms with Gasteiger partial charge in [-0.3, -0.25) is 9.59 Å². The molecule has 116 valence electrons. The summed E-state index contributed by atoms with van der Waals surface area (Å²) in [6, 6.07) is 17.6. The normalized spacial score (nSPS) is 20.3. The van der Waals surface area contributed by atoms with Gasteiger partial charge in [0.1, 0.15) is 12.6 Å². The van der Waals surface area contributed by atoms with Gasteiger partial charge in [0.15, 0.2) is 0 Å². The van der Waals surface area contributed by atoms with Gasteiger partial charge in [-0.15, -0.1) is 0 Å². The van der Waals surface area contributed by atoms with Crippen molar-refractivity contribution in [3.05, 3.63) is 71.3 Å². The molecule has 2 aliphatic rings. The van der Waals surface area contributed by atoms with Crippen molar-refractivity contribution in [2.24, 2.45) is 0 Å². The smallest absolute Gasteiger partial charge is 0.246 e. The zero-order valence-corrected chi connectivity index (χ0v) is 12.8. The van der Waals surface area contributed by atoms with Crippen molar-refractivity contribution in [3.63, 3.8) is 0 Å². The zero-order valence-electron chi connectivity index (χ0n) is 12.8. The molecule has 1 atom stereocenters. The molecule has 2 aliphatic heterocycles. The first-order valence-electron chi connectivity index (χ1n) is 7.91. The fourth-order valence-electron chi connectivity index (χ4n) is 3.49. The van der Waals surface area contributed by atoms with Gasteiger partial charge in [0, 0.05) is 19.5 Å². The van der Waals surface area contributed by atoms with Crippen LogP contribution < -0.4 is 0 Å². The van der Waals surface area contributed by atoms with E-state index in [9.17, 15) is 9.59 Å². The molecule has 2 aromatic carbocycles. The molecule has 0 saturated carbocycles. The van der Waals surface area contributed by atoms with Gasteiger partial charge in [-0.2, -0.15) is 0 Å². The average Bonchev–Trinajstić information content (AvgIpc) is 2.59. The predicted molar refractivity (Wildman–Crippen MR) is 86.3 cm³/mol. The van der Waals surface area contributed by atoms with E-state index in [4.69, 9.17) is 0 Å². The fourth-order valence-corrected chi connectivity index (χ4v) is 3.49. The largest absolute Gasteiger partial charge is 0.327 e. The maximum absolute atomic E-state index is 12.9. The van der Waals surface area contributed by atoms with E-state index in [2.05, 4.69) is 6.07 Å². The molecule has 1 saturated heterocycles. The van der Waals surface area contributed by atoms with Gasteiger partial charge in [-0.05, 0) is 16.7 Å². The van der Waals surface area contributed by atoms with Crippen LogP contribution >= 0.6 is 0 Å². The Morgan fingerprint density at radius 1 is 0.870 bits per heavy atom. The third-order valence-electron chi connectivity index (χ3n) is 4.71. The molecule has 0 bridgehead atoms. The quantitative estimate of drug-likeness (QED) is 0.851. The van der Waals surface area contributed by atoms with Crippen LogP contribution in [0.4, 0.5) is 0 Å². The Balaban J connectivity index is 1.59. The molecule has 4 rings (SSSR count). The zero-order chi connectivity index (χ0) is 15.8. The molecule has 2 amide bonds. The summed E-state index contributed by atoms with van der Waals surface area (Å²) < 4.78 is 0. The number of carbonyl (C=O) groups excluding carboxylic acids is 2. The van der Waals surface area contributed by atoms with Gasteiger partial charge in [-0.1, -0.05) is 54.6 Å². The van der Waals surface area contributed by atoms with Gasteiger partial charge >= 0.3 is 0 Å². The van der Waals surface area contributed by atoms with Gasteiger partial charge in [0.2, 0.25) is 11.8 Å². The number of hydrogen-bond donors (Lipinski definition) is 0. The number of amides is 2. The van der Waals surface area contributed by atoms with Crippen molar-refractivity contribution in [1.82, 2.24) is 9.80 Å². The summed E-state index contributed by atoms with van der Waals surface area (Å²) in [5.74, 6) is 0.1000. The van der Waals surface area contributed by atoms with Gasteiger partial charge < -0.3 is 9.80 Å². The van der Waals surface area contributed by atoms with Crippen LogP contribution in [-0.4, -0.2) is 34.2 Å². The lowest BCUT2D eigenvalue weighted by atomic mass is 9.91. The molecule has 4 heteroatoms. The van der Waals surface area contributed by atoms with Gasteiger partial charge in [-0.25, -0.2) is 0 Å². The molecule has 2 aromatic rings. The Kier molecular flexibility index (Phi) is 3.37. The van der Waals surface area contributed by atoms with Crippen LogP contribution in [0.2, 0.25) is 0 Å². The molecule has 0 aromatic heterocycles. The highest BCUT2D eigenvalue weighted by Gasteiger charge is 2.41. The maximum Gasteiger partial charge on any atom is 0.246 e. The minimum atomic E-state index is -0.352. The number of hydrogen-bond acceptors (Lipinski definition) is 2. The summed E-state index contributed by atoms with van der Waals surface area (Å²) in [5, 5.41) is 0. The molecule has 0 aliphatic carbocycles. The first kappa shape index (κ1) is 14.0. The molecule has 1 unspecified atom stereocenters. The van der Waals surface area contributed by atoms with Crippen LogP contribution in [0.3, 0.4) is 0 Å². The molecule has 0 spiro atoms. The Bertz CT molecular complexity index is 757. The highest BCUT2D eigenvalue weighted by atomic mass is 16.2. The van der Waals surface area contributed by atoms with Crippen molar-refractivity contribution >= 4 is 11.8 Å². The van der Waals surface area contributed by atoms with Crippen molar-refractivity contribution < 1.29 is 9.59 Å². The van der Waals surface area contributed by atoms with Crippen molar-refractivity contribution in [2.75, 3.05) is 6.54 Å². The third-order valence-corrected chi connectivity index (χ3v) is 4.71. The lowest BCUT2D eigenvalue weighted by Crippen LogP contribution is -2.61. The monoisotopic (exact) mass is 306 g/mol. The number of benzene rings is 2. The first-order valence-corrected chi connectivity index (χ1v) is 7.91. The summed E-state index contributed by atoms with van der Waals surface area (Å²) in [4.78, 5) is 28.8. The van der Waals surface area contributed by atoms with Crippen molar-refractivity contribution in [3.8, 4) is 0 Å². The first-order chi connectivity index (χ1) is 11.2. The Morgan fingerprint density at radius 2 is 1.57 bits per heavy atom. The topological polar surface area (TPSA) is 40.6 Å². The Hall–Kier alpha value is -2.62. The molecule has 4 nitrogen and oxygen atoms in total. The van der Waals surface area contributed by atoms with E-state index in [-0.39, 0.29) is 24.4 Å². The fraction of sp³-hybridized carbons (Fsp3) is 0.263. The van der Waals surface area contributed by atoms with E-state index in [1.165, 1.54) is 5.56 Å². The van der Waals surface area contributed by atoms with Gasteiger partial charge in [0.25, 0.3) is 0 Å². The van der Waals surface area contributed by atoms with E-state index in [1.54, 1.807) is 9.80 Å². The predicted octanol–water partition coefficient (Wildman–Crippen LogP) is 1.98. The van der Waals surface area contributed by atoms with Crippen LogP contribution in [0.1, 0.15) is 16.7 Å². The van der Waals surface area contributed by atoms with E-state index in [0.29, 0.717) is 19.5 Å². The Morgan fingerprint density at radius 3 is 2.35 bits per heavy atom. The van der Waals surface area contributed by atoms with E-state index in [1.807, 2.05) is 48.5 Å². The number of nitrogens with zero attached hydrogens (tertiary/aromatic N) is 2.